The summed E-state index contributed by atoms with van der Waals surface area (Å²) in [6.07, 6.45) is 4.57. The lowest BCUT2D eigenvalue weighted by Crippen LogP contribution is -2.51. The third-order valence-electron chi connectivity index (χ3n) is 4.96. The minimum atomic E-state index is -0.954. The molecule has 0 amide bonds. The van der Waals surface area contributed by atoms with Crippen LogP contribution in [-0.4, -0.2) is 49.2 Å². The van der Waals surface area contributed by atoms with Gasteiger partial charge in [-0.05, 0) is 53.3 Å². The molecule has 0 unspecified atom stereocenters. The fourth-order valence-corrected chi connectivity index (χ4v) is 3.45. The van der Waals surface area contributed by atoms with Crippen molar-refractivity contribution in [2.45, 2.75) is 31.8 Å². The Kier molecular flexibility index (Phi) is 3.76. The lowest BCUT2D eigenvalue weighted by atomic mass is 9.87. The Morgan fingerprint density at radius 3 is 2.72 bits per heavy atom. The first kappa shape index (κ1) is 15.8. The van der Waals surface area contributed by atoms with Crippen molar-refractivity contribution in [3.63, 3.8) is 0 Å². The van der Waals surface area contributed by atoms with Crippen LogP contribution in [0.4, 0.5) is 0 Å². The van der Waals surface area contributed by atoms with Crippen LogP contribution in [0.1, 0.15) is 24.0 Å². The monoisotopic (exact) mass is 341 g/mol. The fraction of sp³-hybridized carbons (Fsp3) is 0.412. The zero-order valence-electron chi connectivity index (χ0n) is 13.9. The minimum Gasteiger partial charge on any atom is -0.479 e. The second kappa shape index (κ2) is 5.96. The van der Waals surface area contributed by atoms with Crippen LogP contribution in [0.15, 0.2) is 35.2 Å². The Morgan fingerprint density at radius 2 is 2.04 bits per heavy atom. The lowest BCUT2D eigenvalue weighted by Gasteiger charge is -2.39. The number of rotatable bonds is 4. The Bertz CT molecular complexity index is 908. The number of likely N-dealkylation sites (tertiary alicyclic amines) is 1. The topological polar surface area (TPSA) is 97.3 Å². The zero-order chi connectivity index (χ0) is 17.4. The molecule has 0 bridgehead atoms. The highest BCUT2D eigenvalue weighted by Crippen LogP contribution is 2.31. The smallest absolute Gasteiger partial charge is 0.331 e. The Morgan fingerprint density at radius 1 is 1.28 bits per heavy atom. The van der Waals surface area contributed by atoms with Gasteiger partial charge in [0.1, 0.15) is 11.0 Å². The molecule has 0 saturated carbocycles. The highest BCUT2D eigenvalue weighted by Gasteiger charge is 2.44. The van der Waals surface area contributed by atoms with E-state index in [9.17, 15) is 9.90 Å². The molecule has 1 saturated heterocycles. The molecule has 2 aromatic heterocycles. The summed E-state index contributed by atoms with van der Waals surface area (Å²) in [4.78, 5) is 14.2. The molecule has 0 spiro atoms. The van der Waals surface area contributed by atoms with Gasteiger partial charge in [0.2, 0.25) is 0 Å². The third kappa shape index (κ3) is 2.78. The van der Waals surface area contributed by atoms with Crippen LogP contribution in [0.3, 0.4) is 0 Å². The number of hydrogen-bond donors (Lipinski definition) is 1. The molecule has 1 fully saturated rings. The predicted molar refractivity (Wildman–Crippen MR) is 88.9 cm³/mol. The van der Waals surface area contributed by atoms with Crippen LogP contribution in [0.25, 0.3) is 11.0 Å². The summed E-state index contributed by atoms with van der Waals surface area (Å²) in [7, 11) is 0. The Labute approximate surface area is 144 Å². The van der Waals surface area contributed by atoms with Gasteiger partial charge in [0.25, 0.3) is 0 Å². The summed E-state index contributed by atoms with van der Waals surface area (Å²) in [5.41, 5.74) is 2.60. The van der Waals surface area contributed by atoms with Crippen LogP contribution in [0, 0.1) is 6.92 Å². The van der Waals surface area contributed by atoms with Gasteiger partial charge in [-0.1, -0.05) is 6.07 Å². The molecule has 3 aromatic rings. The van der Waals surface area contributed by atoms with E-state index in [-0.39, 0.29) is 0 Å². The first-order valence-electron chi connectivity index (χ1n) is 8.25. The van der Waals surface area contributed by atoms with Crippen LogP contribution < -0.4 is 0 Å². The van der Waals surface area contributed by atoms with Gasteiger partial charge in [0, 0.05) is 25.8 Å². The van der Waals surface area contributed by atoms with Crippen LogP contribution in [0.5, 0.6) is 0 Å². The number of benzene rings is 1. The molecule has 25 heavy (non-hydrogen) atoms. The molecule has 0 radical (unpaired) electrons. The first-order valence-corrected chi connectivity index (χ1v) is 8.25. The highest BCUT2D eigenvalue weighted by molar-refractivity contribution is 5.77. The van der Waals surface area contributed by atoms with Gasteiger partial charge >= 0.3 is 5.97 Å². The molecule has 3 heterocycles. The van der Waals surface area contributed by atoms with Crippen molar-refractivity contribution in [3.05, 3.63) is 41.7 Å². The Balaban J connectivity index is 1.48. The van der Waals surface area contributed by atoms with E-state index < -0.39 is 11.5 Å². The van der Waals surface area contributed by atoms with Crippen molar-refractivity contribution in [1.29, 1.82) is 0 Å². The molecule has 8 nitrogen and oxygen atoms in total. The molecular weight excluding hydrogens is 322 g/mol. The largest absolute Gasteiger partial charge is 0.479 e. The third-order valence-corrected chi connectivity index (χ3v) is 4.96. The maximum atomic E-state index is 12.0. The number of aliphatic carboxylic acids is 1. The normalized spacial score (nSPS) is 17.8. The number of carboxylic acid groups (broad SMARTS) is 1. The van der Waals surface area contributed by atoms with Crippen LogP contribution in [-0.2, 0) is 16.9 Å². The van der Waals surface area contributed by atoms with E-state index in [1.54, 1.807) is 10.9 Å². The summed E-state index contributed by atoms with van der Waals surface area (Å²) in [6, 6.07) is 5.85. The summed E-state index contributed by atoms with van der Waals surface area (Å²) in [5.74, 6) is -0.814. The average molecular weight is 341 g/mol. The van der Waals surface area contributed by atoms with Gasteiger partial charge in [-0.2, -0.15) is 5.10 Å². The van der Waals surface area contributed by atoms with Crippen molar-refractivity contribution in [2.24, 2.45) is 0 Å². The minimum absolute atomic E-state index is 0.525. The summed E-state index contributed by atoms with van der Waals surface area (Å²) in [5, 5.41) is 21.8. The second-order valence-corrected chi connectivity index (χ2v) is 6.66. The number of aryl methyl sites for hydroxylation is 1. The number of aromatic nitrogens is 4. The molecule has 0 atom stereocenters. The quantitative estimate of drug-likeness (QED) is 0.773. The zero-order valence-corrected chi connectivity index (χ0v) is 13.9. The summed E-state index contributed by atoms with van der Waals surface area (Å²) < 4.78 is 6.35. The van der Waals surface area contributed by atoms with Crippen molar-refractivity contribution in [2.75, 3.05) is 13.1 Å². The SMILES string of the molecule is Cc1cnn(C2(C(=O)O)CCN(Cc3ccc4nonc4c3)CC2)c1. The number of carboxylic acids is 1. The molecule has 1 N–H and O–H groups in total. The lowest BCUT2D eigenvalue weighted by molar-refractivity contribution is -0.151. The fourth-order valence-electron chi connectivity index (χ4n) is 3.45. The van der Waals surface area contributed by atoms with Crippen LogP contribution in [0.2, 0.25) is 0 Å². The number of hydrogen-bond acceptors (Lipinski definition) is 6. The van der Waals surface area contributed by atoms with E-state index in [0.29, 0.717) is 25.9 Å². The number of piperidine rings is 1. The van der Waals surface area contributed by atoms with Gasteiger partial charge in [0.15, 0.2) is 5.54 Å². The van der Waals surface area contributed by atoms with Crippen molar-refractivity contribution in [3.8, 4) is 0 Å². The molecule has 0 aliphatic carbocycles. The summed E-state index contributed by atoms with van der Waals surface area (Å²) in [6.45, 7) is 4.06. The number of carbonyl (C=O) groups is 1. The van der Waals surface area contributed by atoms with Crippen molar-refractivity contribution >= 4 is 17.0 Å². The summed E-state index contributed by atoms with van der Waals surface area (Å²) >= 11 is 0. The molecule has 130 valence electrons. The van der Waals surface area contributed by atoms with Gasteiger partial charge in [-0.3, -0.25) is 9.58 Å². The van der Waals surface area contributed by atoms with Crippen LogP contribution >= 0.6 is 0 Å². The maximum Gasteiger partial charge on any atom is 0.331 e. The molecule has 8 heteroatoms. The van der Waals surface area contributed by atoms with E-state index >= 15 is 0 Å². The van der Waals surface area contributed by atoms with Gasteiger partial charge < -0.3 is 5.11 Å². The van der Waals surface area contributed by atoms with E-state index in [2.05, 4.69) is 20.3 Å². The molecule has 1 aliphatic rings. The standard InChI is InChI=1S/C17H19N5O3/c1-12-9-18-22(10-12)17(16(23)24)4-6-21(7-5-17)11-13-2-3-14-15(8-13)20-25-19-14/h2-3,8-10H,4-7,11H2,1H3,(H,23,24). The maximum absolute atomic E-state index is 12.0. The second-order valence-electron chi connectivity index (χ2n) is 6.66. The molecule has 1 aromatic carbocycles. The average Bonchev–Trinajstić information content (AvgIpc) is 3.24. The highest BCUT2D eigenvalue weighted by atomic mass is 16.6. The molecule has 1 aliphatic heterocycles. The van der Waals surface area contributed by atoms with E-state index in [1.807, 2.05) is 31.3 Å². The van der Waals surface area contributed by atoms with Gasteiger partial charge in [0.05, 0.1) is 6.20 Å². The van der Waals surface area contributed by atoms with Crippen molar-refractivity contribution in [1.82, 2.24) is 25.0 Å². The van der Waals surface area contributed by atoms with E-state index in [1.165, 1.54) is 0 Å². The molecule has 4 rings (SSSR count). The van der Waals surface area contributed by atoms with E-state index in [0.717, 1.165) is 28.7 Å². The van der Waals surface area contributed by atoms with Crippen molar-refractivity contribution < 1.29 is 14.5 Å². The predicted octanol–water partition coefficient (Wildman–Crippen LogP) is 1.80. The number of fused-ring (bicyclic) bond motifs is 1. The number of nitrogens with zero attached hydrogens (tertiary/aromatic N) is 5. The van der Waals surface area contributed by atoms with E-state index in [4.69, 9.17) is 4.63 Å². The molecular formula is C17H19N5O3. The Hall–Kier alpha value is -2.74. The van der Waals surface area contributed by atoms with Gasteiger partial charge in [-0.25, -0.2) is 9.42 Å². The first-order chi connectivity index (χ1) is 12.1. The van der Waals surface area contributed by atoms with Gasteiger partial charge in [-0.15, -0.1) is 0 Å².